The molecule has 1 spiro atoms. The molecule has 5 nitrogen and oxygen atoms in total. The maximum Gasteiger partial charge on any atom is 0.232 e. The van der Waals surface area contributed by atoms with Crippen LogP contribution in [0.4, 0.5) is 5.69 Å². The Balaban J connectivity index is 0.00000289. The topological polar surface area (TPSA) is 43.9 Å². The monoisotopic (exact) mass is 513 g/mol. The molecule has 35 heavy (non-hydrogen) atoms. The zero-order valence-electron chi connectivity index (χ0n) is 20.2. The van der Waals surface area contributed by atoms with Crippen molar-refractivity contribution in [2.75, 3.05) is 44.7 Å². The highest BCUT2D eigenvalue weighted by Crippen LogP contribution is 2.43. The van der Waals surface area contributed by atoms with Gasteiger partial charge in [-0.15, -0.1) is 12.4 Å². The molecule has 2 amide bonds. The van der Waals surface area contributed by atoms with Crippen LogP contribution in [0.5, 0.6) is 0 Å². The number of nitrogens with zero attached hydrogens (tertiary/aromatic N) is 3. The number of likely N-dealkylation sites (tertiary alicyclic amines) is 2. The van der Waals surface area contributed by atoms with Crippen LogP contribution in [-0.2, 0) is 15.0 Å². The van der Waals surface area contributed by atoms with Crippen molar-refractivity contribution in [2.24, 2.45) is 5.92 Å². The number of amides is 2. The Kier molecular flexibility index (Phi) is 7.89. The molecule has 2 aliphatic heterocycles. The molecular weight excluding hydrogens is 481 g/mol. The molecule has 3 aliphatic rings. The molecule has 0 aromatic heterocycles. The molecule has 1 unspecified atom stereocenters. The van der Waals surface area contributed by atoms with E-state index in [1.165, 1.54) is 11.1 Å². The highest BCUT2D eigenvalue weighted by atomic mass is 35.5. The maximum absolute atomic E-state index is 13.4. The van der Waals surface area contributed by atoms with Crippen LogP contribution in [0.1, 0.15) is 36.8 Å². The van der Waals surface area contributed by atoms with Gasteiger partial charge in [-0.05, 0) is 62.2 Å². The third kappa shape index (κ3) is 5.13. The summed E-state index contributed by atoms with van der Waals surface area (Å²) in [7, 11) is 1.76. The fourth-order valence-corrected chi connectivity index (χ4v) is 6.01. The first-order chi connectivity index (χ1) is 16.5. The molecule has 1 atom stereocenters. The third-order valence-corrected chi connectivity index (χ3v) is 8.10. The van der Waals surface area contributed by atoms with Gasteiger partial charge >= 0.3 is 0 Å². The van der Waals surface area contributed by atoms with Crippen LogP contribution < -0.4 is 4.90 Å². The number of rotatable bonds is 6. The highest BCUT2D eigenvalue weighted by molar-refractivity contribution is 6.33. The van der Waals surface area contributed by atoms with Crippen LogP contribution in [-0.4, -0.2) is 61.4 Å². The van der Waals surface area contributed by atoms with Crippen molar-refractivity contribution >= 4 is 47.6 Å². The van der Waals surface area contributed by atoms with Gasteiger partial charge in [-0.1, -0.05) is 60.2 Å². The Morgan fingerprint density at radius 3 is 2.54 bits per heavy atom. The number of halogens is 2. The number of hydrogen-bond donors (Lipinski definition) is 0. The molecule has 2 aromatic carbocycles. The van der Waals surface area contributed by atoms with Crippen molar-refractivity contribution in [1.29, 1.82) is 0 Å². The Labute approximate surface area is 219 Å². The van der Waals surface area contributed by atoms with Crippen molar-refractivity contribution in [1.82, 2.24) is 9.80 Å². The first kappa shape index (κ1) is 25.7. The first-order valence-corrected chi connectivity index (χ1v) is 12.7. The van der Waals surface area contributed by atoms with E-state index in [2.05, 4.69) is 41.3 Å². The number of anilines is 1. The Bertz CT molecular complexity index is 1110. The number of piperidine rings is 1. The molecule has 0 saturated carbocycles. The molecule has 0 bridgehead atoms. The number of para-hydroxylation sites is 1. The zero-order chi connectivity index (χ0) is 23.7. The molecule has 2 aromatic rings. The van der Waals surface area contributed by atoms with E-state index in [4.69, 9.17) is 11.6 Å². The first-order valence-electron chi connectivity index (χ1n) is 12.3. The van der Waals surface area contributed by atoms with Gasteiger partial charge in [0.05, 0.1) is 16.6 Å². The molecule has 1 aliphatic carbocycles. The average Bonchev–Trinajstić information content (AvgIpc) is 3.38. The van der Waals surface area contributed by atoms with E-state index in [0.29, 0.717) is 18.1 Å². The van der Waals surface area contributed by atoms with E-state index in [9.17, 15) is 9.59 Å². The number of allylic oxidation sites excluding steroid dienone is 1. The Morgan fingerprint density at radius 1 is 1.11 bits per heavy atom. The normalized spacial score (nSPS) is 20.7. The van der Waals surface area contributed by atoms with Gasteiger partial charge in [0.25, 0.3) is 0 Å². The van der Waals surface area contributed by atoms with Crippen molar-refractivity contribution in [3.05, 3.63) is 70.8 Å². The van der Waals surface area contributed by atoms with Gasteiger partial charge in [0, 0.05) is 32.0 Å². The Morgan fingerprint density at radius 2 is 1.83 bits per heavy atom. The molecule has 7 heteroatoms. The molecule has 0 N–H and O–H groups in total. The molecular formula is C28H33Cl2N3O2. The lowest BCUT2D eigenvalue weighted by Gasteiger charge is -2.39. The predicted octanol–water partition coefficient (Wildman–Crippen LogP) is 5.02. The van der Waals surface area contributed by atoms with Crippen molar-refractivity contribution < 1.29 is 9.59 Å². The number of benzene rings is 2. The van der Waals surface area contributed by atoms with Gasteiger partial charge in [0.15, 0.2) is 0 Å². The maximum atomic E-state index is 13.4. The van der Waals surface area contributed by atoms with Gasteiger partial charge in [-0.3, -0.25) is 9.59 Å². The largest absolute Gasteiger partial charge is 0.345 e. The molecule has 2 heterocycles. The standard InChI is InChI=1S/C28H32ClN3O2.ClH/c1-30-20-22(19-26(30)33)27(34)32(25-10-5-4-9-24(25)29)16-6-15-31-17-13-28(14-18-31)12-11-21-7-2-3-8-23(21)28;/h2-5,7-12,22H,6,13-20H2,1H3;1H. The van der Waals surface area contributed by atoms with Gasteiger partial charge in [0.2, 0.25) is 11.8 Å². The van der Waals surface area contributed by atoms with E-state index in [-0.39, 0.29) is 42.0 Å². The lowest BCUT2D eigenvalue weighted by Crippen LogP contribution is -2.43. The summed E-state index contributed by atoms with van der Waals surface area (Å²) >= 11 is 6.48. The number of carbonyl (C=O) groups excluding carboxylic acids is 2. The van der Waals surface area contributed by atoms with Crippen LogP contribution >= 0.6 is 24.0 Å². The highest BCUT2D eigenvalue weighted by Gasteiger charge is 2.38. The van der Waals surface area contributed by atoms with Crippen LogP contribution in [0, 0.1) is 5.92 Å². The summed E-state index contributed by atoms with van der Waals surface area (Å²) in [5, 5.41) is 0.570. The van der Waals surface area contributed by atoms with Gasteiger partial charge < -0.3 is 14.7 Å². The molecule has 5 rings (SSSR count). The second-order valence-electron chi connectivity index (χ2n) is 9.89. The van der Waals surface area contributed by atoms with Crippen molar-refractivity contribution in [3.63, 3.8) is 0 Å². The minimum absolute atomic E-state index is 0. The van der Waals surface area contributed by atoms with Crippen LogP contribution in [0.25, 0.3) is 6.08 Å². The SMILES string of the molecule is CN1CC(C(=O)N(CCCN2CCC3(C=Cc4ccccc43)CC2)c2ccccc2Cl)CC1=O.Cl. The third-order valence-electron chi connectivity index (χ3n) is 7.78. The molecule has 0 radical (unpaired) electrons. The van der Waals surface area contributed by atoms with E-state index in [1.54, 1.807) is 16.8 Å². The smallest absolute Gasteiger partial charge is 0.232 e. The van der Waals surface area contributed by atoms with Gasteiger partial charge in [0.1, 0.15) is 0 Å². The minimum atomic E-state index is -0.308. The average molecular weight is 514 g/mol. The lowest BCUT2D eigenvalue weighted by atomic mass is 9.74. The van der Waals surface area contributed by atoms with Crippen LogP contribution in [0.3, 0.4) is 0 Å². The van der Waals surface area contributed by atoms with Crippen LogP contribution in [0.15, 0.2) is 54.6 Å². The second-order valence-corrected chi connectivity index (χ2v) is 10.3. The lowest BCUT2D eigenvalue weighted by molar-refractivity contribution is -0.127. The van der Waals surface area contributed by atoms with E-state index in [0.717, 1.165) is 44.6 Å². The summed E-state index contributed by atoms with van der Waals surface area (Å²) in [6.07, 6.45) is 8.09. The van der Waals surface area contributed by atoms with Crippen molar-refractivity contribution in [2.45, 2.75) is 31.1 Å². The summed E-state index contributed by atoms with van der Waals surface area (Å²) in [5.41, 5.74) is 3.76. The number of fused-ring (bicyclic) bond motifs is 2. The molecule has 2 saturated heterocycles. The molecule has 2 fully saturated rings. The molecule has 186 valence electrons. The predicted molar refractivity (Wildman–Crippen MR) is 144 cm³/mol. The fourth-order valence-electron chi connectivity index (χ4n) is 5.77. The summed E-state index contributed by atoms with van der Waals surface area (Å²) < 4.78 is 0. The van der Waals surface area contributed by atoms with Crippen LogP contribution in [0.2, 0.25) is 5.02 Å². The second kappa shape index (κ2) is 10.7. The number of carbonyl (C=O) groups is 2. The minimum Gasteiger partial charge on any atom is -0.345 e. The summed E-state index contributed by atoms with van der Waals surface area (Å²) in [5.74, 6) is -0.281. The van der Waals surface area contributed by atoms with E-state index < -0.39 is 0 Å². The van der Waals surface area contributed by atoms with E-state index >= 15 is 0 Å². The quantitative estimate of drug-likeness (QED) is 0.544. The summed E-state index contributed by atoms with van der Waals surface area (Å²) in [6, 6.07) is 16.3. The van der Waals surface area contributed by atoms with Crippen molar-refractivity contribution in [3.8, 4) is 0 Å². The fraction of sp³-hybridized carbons (Fsp3) is 0.429. The zero-order valence-corrected chi connectivity index (χ0v) is 21.7. The van der Waals surface area contributed by atoms with Gasteiger partial charge in [-0.2, -0.15) is 0 Å². The Hall–Kier alpha value is -2.34. The van der Waals surface area contributed by atoms with E-state index in [1.807, 2.05) is 24.3 Å². The number of hydrogen-bond acceptors (Lipinski definition) is 3. The summed E-state index contributed by atoms with van der Waals surface area (Å²) in [4.78, 5) is 31.4. The van der Waals surface area contributed by atoms with Gasteiger partial charge in [-0.25, -0.2) is 0 Å². The summed E-state index contributed by atoms with van der Waals surface area (Å²) in [6.45, 7) is 4.13.